The maximum atomic E-state index is 12.5. The van der Waals surface area contributed by atoms with Crippen molar-refractivity contribution in [3.8, 4) is 11.3 Å². The molecule has 0 fully saturated rings. The highest BCUT2D eigenvalue weighted by Gasteiger charge is 2.19. The molecule has 0 saturated heterocycles. The highest BCUT2D eigenvalue weighted by molar-refractivity contribution is 8.02. The normalized spacial score (nSPS) is 12.0. The van der Waals surface area contributed by atoms with Gasteiger partial charge in [0, 0.05) is 29.6 Å². The molecule has 0 radical (unpaired) electrons. The molecular formula is C18H20N6O3S3. The first-order valence-corrected chi connectivity index (χ1v) is 11.6. The molecule has 3 rings (SSSR count). The van der Waals surface area contributed by atoms with Crippen LogP contribution in [0.25, 0.3) is 11.3 Å². The van der Waals surface area contributed by atoms with Crippen molar-refractivity contribution in [1.82, 2.24) is 15.2 Å². The molecule has 2 aromatic heterocycles. The van der Waals surface area contributed by atoms with Gasteiger partial charge in [0.1, 0.15) is 0 Å². The molecule has 1 atom stereocenters. The van der Waals surface area contributed by atoms with Gasteiger partial charge in [-0.1, -0.05) is 49.1 Å². The first-order chi connectivity index (χ1) is 14.3. The van der Waals surface area contributed by atoms with E-state index in [-0.39, 0.29) is 16.8 Å². The summed E-state index contributed by atoms with van der Waals surface area (Å²) in [6, 6.07) is 6.23. The first kappa shape index (κ1) is 22.1. The summed E-state index contributed by atoms with van der Waals surface area (Å²) < 4.78 is 0.709. The Morgan fingerprint density at radius 2 is 2.07 bits per heavy atom. The van der Waals surface area contributed by atoms with Crippen LogP contribution in [0.2, 0.25) is 0 Å². The molecular weight excluding hydrogens is 444 g/mol. The van der Waals surface area contributed by atoms with E-state index in [9.17, 15) is 14.9 Å². The molecule has 0 aliphatic carbocycles. The summed E-state index contributed by atoms with van der Waals surface area (Å²) in [6.45, 7) is 6.82. The molecule has 0 spiro atoms. The van der Waals surface area contributed by atoms with Gasteiger partial charge in [0.2, 0.25) is 11.0 Å². The van der Waals surface area contributed by atoms with Gasteiger partial charge in [-0.2, -0.15) is 0 Å². The summed E-state index contributed by atoms with van der Waals surface area (Å²) in [7, 11) is 0. The lowest BCUT2D eigenvalue weighted by Crippen LogP contribution is -2.22. The molecule has 1 unspecified atom stereocenters. The lowest BCUT2D eigenvalue weighted by atomic mass is 10.1. The average Bonchev–Trinajstić information content (AvgIpc) is 3.36. The number of benzene rings is 1. The quantitative estimate of drug-likeness (QED) is 0.264. The number of hydrogen-bond acceptors (Lipinski definition) is 10. The number of nitro benzene ring substituents is 1. The van der Waals surface area contributed by atoms with Crippen LogP contribution in [0.3, 0.4) is 0 Å². The number of nitrogens with one attached hydrogen (secondary N) is 2. The Labute approximate surface area is 185 Å². The Bertz CT molecular complexity index is 1040. The number of aromatic nitrogens is 3. The Hall–Kier alpha value is -2.57. The van der Waals surface area contributed by atoms with E-state index in [2.05, 4.69) is 39.7 Å². The summed E-state index contributed by atoms with van der Waals surface area (Å²) in [6.07, 6.45) is 0. The third-order valence-electron chi connectivity index (χ3n) is 3.80. The number of non-ortho nitro benzene ring substituents is 1. The highest BCUT2D eigenvalue weighted by atomic mass is 32.2. The highest BCUT2D eigenvalue weighted by Crippen LogP contribution is 2.31. The van der Waals surface area contributed by atoms with Crippen molar-refractivity contribution in [1.29, 1.82) is 0 Å². The number of nitrogens with zero attached hydrogens (tertiary/aromatic N) is 4. The molecule has 1 amide bonds. The third kappa shape index (κ3) is 5.97. The monoisotopic (exact) mass is 464 g/mol. The number of rotatable bonds is 9. The maximum absolute atomic E-state index is 12.5. The minimum absolute atomic E-state index is 0.00424. The molecule has 0 saturated carbocycles. The number of nitro groups is 1. The van der Waals surface area contributed by atoms with Crippen LogP contribution in [-0.2, 0) is 4.79 Å². The zero-order chi connectivity index (χ0) is 21.7. The van der Waals surface area contributed by atoms with E-state index in [4.69, 9.17) is 0 Å². The minimum atomic E-state index is -0.450. The maximum Gasteiger partial charge on any atom is 0.270 e. The van der Waals surface area contributed by atoms with Crippen LogP contribution in [0, 0.1) is 16.0 Å². The van der Waals surface area contributed by atoms with E-state index in [0.717, 1.165) is 11.7 Å². The summed E-state index contributed by atoms with van der Waals surface area (Å²) in [5.74, 6) is 0.298. The molecule has 3 aromatic rings. The van der Waals surface area contributed by atoms with Crippen molar-refractivity contribution in [3.63, 3.8) is 0 Å². The molecule has 30 heavy (non-hydrogen) atoms. The molecule has 1 aromatic carbocycles. The van der Waals surface area contributed by atoms with Crippen LogP contribution in [0.4, 0.5) is 16.0 Å². The second-order valence-corrected chi connectivity index (χ2v) is 10.2. The van der Waals surface area contributed by atoms with Crippen LogP contribution in [0.5, 0.6) is 0 Å². The second-order valence-electron chi connectivity index (χ2n) is 6.74. The smallest absolute Gasteiger partial charge is 0.270 e. The average molecular weight is 465 g/mol. The number of hydrogen-bond donors (Lipinski definition) is 2. The second kappa shape index (κ2) is 9.96. The van der Waals surface area contributed by atoms with E-state index in [1.54, 1.807) is 24.4 Å². The Balaban J connectivity index is 1.58. The van der Waals surface area contributed by atoms with Crippen molar-refractivity contribution in [3.05, 3.63) is 39.8 Å². The van der Waals surface area contributed by atoms with Crippen LogP contribution < -0.4 is 10.6 Å². The van der Waals surface area contributed by atoms with Gasteiger partial charge < -0.3 is 10.6 Å². The fraction of sp³-hybridized carbons (Fsp3) is 0.333. The van der Waals surface area contributed by atoms with Gasteiger partial charge in [-0.05, 0) is 12.8 Å². The molecule has 158 valence electrons. The van der Waals surface area contributed by atoms with Gasteiger partial charge in [-0.3, -0.25) is 14.9 Å². The molecule has 2 N–H and O–H groups in total. The summed E-state index contributed by atoms with van der Waals surface area (Å²) in [5.41, 5.74) is 1.19. The van der Waals surface area contributed by atoms with E-state index in [1.807, 2.05) is 0 Å². The predicted molar refractivity (Wildman–Crippen MR) is 121 cm³/mol. The largest absolute Gasteiger partial charge is 0.360 e. The van der Waals surface area contributed by atoms with Crippen LogP contribution in [-0.4, -0.2) is 37.8 Å². The summed E-state index contributed by atoms with van der Waals surface area (Å²) in [5, 5.41) is 27.7. The fourth-order valence-electron chi connectivity index (χ4n) is 2.27. The lowest BCUT2D eigenvalue weighted by molar-refractivity contribution is -0.384. The van der Waals surface area contributed by atoms with Crippen LogP contribution in [0.15, 0.2) is 34.0 Å². The van der Waals surface area contributed by atoms with Gasteiger partial charge in [0.15, 0.2) is 9.47 Å². The Morgan fingerprint density at radius 1 is 1.27 bits per heavy atom. The van der Waals surface area contributed by atoms with Gasteiger partial charge >= 0.3 is 0 Å². The zero-order valence-corrected chi connectivity index (χ0v) is 18.9. The third-order valence-corrected chi connectivity index (χ3v) is 6.62. The number of carbonyl (C=O) groups is 1. The Kier molecular flexibility index (Phi) is 7.34. The minimum Gasteiger partial charge on any atom is -0.360 e. The van der Waals surface area contributed by atoms with Gasteiger partial charge in [-0.15, -0.1) is 21.5 Å². The summed E-state index contributed by atoms with van der Waals surface area (Å²) in [4.78, 5) is 27.4. The van der Waals surface area contributed by atoms with Crippen LogP contribution >= 0.6 is 34.4 Å². The van der Waals surface area contributed by atoms with Crippen molar-refractivity contribution in [2.75, 3.05) is 17.2 Å². The SMILES string of the molecule is CC(C)CNc1nnc(SC(C)C(=O)Nc2nc(-c3cccc([N+](=O)[O-])c3)cs2)s1. The van der Waals surface area contributed by atoms with E-state index < -0.39 is 4.92 Å². The molecule has 2 heterocycles. The molecule has 0 aliphatic rings. The van der Waals surface area contributed by atoms with Crippen LogP contribution in [0.1, 0.15) is 20.8 Å². The number of thiazole rings is 1. The van der Waals surface area contributed by atoms with Crippen molar-refractivity contribution in [2.45, 2.75) is 30.4 Å². The number of amides is 1. The molecule has 9 nitrogen and oxygen atoms in total. The number of anilines is 2. The Morgan fingerprint density at radius 3 is 2.80 bits per heavy atom. The number of carbonyl (C=O) groups excluding carboxylic acids is 1. The first-order valence-electron chi connectivity index (χ1n) is 9.07. The summed E-state index contributed by atoms with van der Waals surface area (Å²) >= 11 is 4.01. The standard InChI is InChI=1S/C18H20N6O3S3/c1-10(2)8-19-16-22-23-18(30-16)29-11(3)15(25)21-17-20-14(9-28-17)12-5-4-6-13(7-12)24(26)27/h4-7,9-11H,8H2,1-3H3,(H,19,22)(H,20,21,25). The van der Waals surface area contributed by atoms with E-state index in [0.29, 0.717) is 26.6 Å². The lowest BCUT2D eigenvalue weighted by Gasteiger charge is -2.07. The van der Waals surface area contributed by atoms with Crippen molar-refractivity contribution in [2.24, 2.45) is 5.92 Å². The molecule has 0 aliphatic heterocycles. The van der Waals surface area contributed by atoms with Gasteiger partial charge in [0.25, 0.3) is 5.69 Å². The fourth-order valence-corrected chi connectivity index (χ4v) is 4.90. The predicted octanol–water partition coefficient (Wildman–Crippen LogP) is 4.76. The van der Waals surface area contributed by atoms with Gasteiger partial charge in [0.05, 0.1) is 15.9 Å². The topological polar surface area (TPSA) is 123 Å². The molecule has 0 bridgehead atoms. The van der Waals surface area contributed by atoms with Crippen molar-refractivity contribution < 1.29 is 9.72 Å². The zero-order valence-electron chi connectivity index (χ0n) is 16.5. The number of thioether (sulfide) groups is 1. The van der Waals surface area contributed by atoms with E-state index >= 15 is 0 Å². The molecule has 12 heteroatoms. The van der Waals surface area contributed by atoms with Gasteiger partial charge in [-0.25, -0.2) is 4.98 Å². The van der Waals surface area contributed by atoms with Crippen molar-refractivity contribution >= 4 is 56.3 Å². The van der Waals surface area contributed by atoms with E-state index in [1.165, 1.54) is 46.6 Å².